The maximum atomic E-state index is 12.6. The van der Waals surface area contributed by atoms with Crippen LogP contribution in [0, 0.1) is 6.92 Å². The fraction of sp³-hybridized carbons (Fsp3) is 0.375. The summed E-state index contributed by atoms with van der Waals surface area (Å²) in [6, 6.07) is 10.9. The molecular weight excluding hydrogens is 337 g/mol. The van der Waals surface area contributed by atoms with Gasteiger partial charge in [0.25, 0.3) is 0 Å². The number of halogens is 3. The number of hydrogen-bond acceptors (Lipinski definition) is 2. The molecule has 0 aliphatic rings. The van der Waals surface area contributed by atoms with Gasteiger partial charge in [-0.05, 0) is 37.2 Å². The van der Waals surface area contributed by atoms with Crippen LogP contribution in [0.4, 0.5) is 13.2 Å². The topological polar surface area (TPSA) is 41.9 Å². The third-order valence-corrected chi connectivity index (χ3v) is 3.69. The van der Waals surface area contributed by atoms with Crippen molar-refractivity contribution in [3.05, 3.63) is 53.3 Å². The number of aryl methyl sites for hydroxylation is 2. The average Bonchev–Trinajstić information content (AvgIpc) is 2.92. The fourth-order valence-electron chi connectivity index (χ4n) is 2.15. The standard InChI is InChI=1S/C16H19F3N4S/c1-12-10-14(16(17,18)19)22-23(12)9-5-8-20-15(24)21-11-13-6-3-2-4-7-13/h2-4,6-7,10H,5,8-9,11H2,1H3,(H2,20,21,24). The molecule has 0 aliphatic heterocycles. The molecule has 0 aliphatic carbocycles. The average molecular weight is 356 g/mol. The fourth-order valence-corrected chi connectivity index (χ4v) is 2.32. The van der Waals surface area contributed by atoms with Crippen molar-refractivity contribution in [2.45, 2.75) is 32.6 Å². The number of thiocarbonyl (C=S) groups is 1. The van der Waals surface area contributed by atoms with E-state index in [0.29, 0.717) is 36.9 Å². The number of hydrogen-bond donors (Lipinski definition) is 2. The van der Waals surface area contributed by atoms with Gasteiger partial charge in [-0.25, -0.2) is 0 Å². The van der Waals surface area contributed by atoms with Crippen molar-refractivity contribution in [2.24, 2.45) is 0 Å². The molecule has 1 heterocycles. The molecule has 0 spiro atoms. The third kappa shape index (κ3) is 5.52. The van der Waals surface area contributed by atoms with Gasteiger partial charge < -0.3 is 10.6 Å². The smallest absolute Gasteiger partial charge is 0.363 e. The number of aromatic nitrogens is 2. The van der Waals surface area contributed by atoms with E-state index < -0.39 is 11.9 Å². The van der Waals surface area contributed by atoms with Gasteiger partial charge in [0.15, 0.2) is 10.8 Å². The maximum absolute atomic E-state index is 12.6. The van der Waals surface area contributed by atoms with Crippen molar-refractivity contribution in [3.8, 4) is 0 Å². The van der Waals surface area contributed by atoms with Gasteiger partial charge in [-0.2, -0.15) is 18.3 Å². The van der Waals surface area contributed by atoms with Gasteiger partial charge in [0, 0.05) is 25.3 Å². The lowest BCUT2D eigenvalue weighted by molar-refractivity contribution is -0.141. The molecular formula is C16H19F3N4S. The summed E-state index contributed by atoms with van der Waals surface area (Å²) < 4.78 is 39.1. The van der Waals surface area contributed by atoms with Crippen LogP contribution in [0.2, 0.25) is 0 Å². The summed E-state index contributed by atoms with van der Waals surface area (Å²) in [5.74, 6) is 0. The summed E-state index contributed by atoms with van der Waals surface area (Å²) in [4.78, 5) is 0. The molecule has 0 atom stereocenters. The molecule has 0 saturated heterocycles. The molecule has 0 radical (unpaired) electrons. The minimum atomic E-state index is -4.41. The molecule has 24 heavy (non-hydrogen) atoms. The zero-order chi connectivity index (χ0) is 17.6. The van der Waals surface area contributed by atoms with Crippen molar-refractivity contribution >= 4 is 17.3 Å². The van der Waals surface area contributed by atoms with E-state index in [1.54, 1.807) is 6.92 Å². The summed E-state index contributed by atoms with van der Waals surface area (Å²) in [5.41, 5.74) is 0.758. The molecule has 2 N–H and O–H groups in total. The molecule has 2 rings (SSSR count). The van der Waals surface area contributed by atoms with Crippen LogP contribution in [-0.2, 0) is 19.3 Å². The Morgan fingerprint density at radius 2 is 1.92 bits per heavy atom. The predicted molar refractivity (Wildman–Crippen MR) is 90.5 cm³/mol. The van der Waals surface area contributed by atoms with Crippen molar-refractivity contribution in [3.63, 3.8) is 0 Å². The van der Waals surface area contributed by atoms with E-state index in [9.17, 15) is 13.2 Å². The first-order chi connectivity index (χ1) is 11.4. The Kier molecular flexibility index (Phi) is 6.19. The van der Waals surface area contributed by atoms with E-state index in [1.807, 2.05) is 30.3 Å². The van der Waals surface area contributed by atoms with Gasteiger partial charge in [-0.15, -0.1) is 0 Å². The quantitative estimate of drug-likeness (QED) is 0.616. The van der Waals surface area contributed by atoms with Crippen LogP contribution in [-0.4, -0.2) is 21.4 Å². The first kappa shape index (κ1) is 18.3. The minimum absolute atomic E-state index is 0.399. The van der Waals surface area contributed by atoms with Crippen LogP contribution in [0.1, 0.15) is 23.4 Å². The molecule has 1 aromatic heterocycles. The van der Waals surface area contributed by atoms with E-state index in [4.69, 9.17) is 12.2 Å². The van der Waals surface area contributed by atoms with E-state index >= 15 is 0 Å². The predicted octanol–water partition coefficient (Wildman–Crippen LogP) is 3.26. The Labute approximate surface area is 144 Å². The highest BCUT2D eigenvalue weighted by Crippen LogP contribution is 2.28. The molecule has 8 heteroatoms. The van der Waals surface area contributed by atoms with Crippen molar-refractivity contribution in [1.29, 1.82) is 0 Å². The Morgan fingerprint density at radius 3 is 2.54 bits per heavy atom. The van der Waals surface area contributed by atoms with Gasteiger partial charge >= 0.3 is 6.18 Å². The highest BCUT2D eigenvalue weighted by atomic mass is 32.1. The molecule has 2 aromatic rings. The minimum Gasteiger partial charge on any atom is -0.363 e. The van der Waals surface area contributed by atoms with E-state index in [-0.39, 0.29) is 0 Å². The molecule has 1 aromatic carbocycles. The van der Waals surface area contributed by atoms with Gasteiger partial charge in [0.05, 0.1) is 0 Å². The third-order valence-electron chi connectivity index (χ3n) is 3.40. The second-order valence-corrected chi connectivity index (χ2v) is 5.75. The molecule has 0 saturated carbocycles. The Balaban J connectivity index is 1.69. The van der Waals surface area contributed by atoms with E-state index in [2.05, 4.69) is 15.7 Å². The summed E-state index contributed by atoms with van der Waals surface area (Å²) in [6.07, 6.45) is -3.79. The summed E-state index contributed by atoms with van der Waals surface area (Å²) in [7, 11) is 0. The maximum Gasteiger partial charge on any atom is 0.435 e. The summed E-state index contributed by atoms with van der Waals surface area (Å²) >= 11 is 5.17. The van der Waals surface area contributed by atoms with Crippen LogP contribution >= 0.6 is 12.2 Å². The van der Waals surface area contributed by atoms with Gasteiger partial charge in [-0.1, -0.05) is 30.3 Å². The van der Waals surface area contributed by atoms with Crippen molar-refractivity contribution < 1.29 is 13.2 Å². The largest absolute Gasteiger partial charge is 0.435 e. The summed E-state index contributed by atoms with van der Waals surface area (Å²) in [6.45, 7) is 3.19. The van der Waals surface area contributed by atoms with Crippen molar-refractivity contribution in [1.82, 2.24) is 20.4 Å². The number of rotatable bonds is 6. The number of nitrogens with one attached hydrogen (secondary N) is 2. The van der Waals surface area contributed by atoms with Gasteiger partial charge in [-0.3, -0.25) is 4.68 Å². The Hall–Kier alpha value is -2.09. The molecule has 4 nitrogen and oxygen atoms in total. The highest BCUT2D eigenvalue weighted by Gasteiger charge is 2.34. The zero-order valence-corrected chi connectivity index (χ0v) is 14.0. The lowest BCUT2D eigenvalue weighted by atomic mass is 10.2. The van der Waals surface area contributed by atoms with E-state index in [1.165, 1.54) is 4.68 Å². The lowest BCUT2D eigenvalue weighted by Crippen LogP contribution is -2.35. The van der Waals surface area contributed by atoms with Crippen LogP contribution in [0.3, 0.4) is 0 Å². The SMILES string of the molecule is Cc1cc(C(F)(F)F)nn1CCCNC(=S)NCc1ccccc1. The Morgan fingerprint density at radius 1 is 1.21 bits per heavy atom. The van der Waals surface area contributed by atoms with Gasteiger partial charge in [0.1, 0.15) is 0 Å². The highest BCUT2D eigenvalue weighted by molar-refractivity contribution is 7.80. The van der Waals surface area contributed by atoms with Crippen LogP contribution in [0.25, 0.3) is 0 Å². The number of nitrogens with zero attached hydrogens (tertiary/aromatic N) is 2. The normalized spacial score (nSPS) is 11.3. The molecule has 130 valence electrons. The van der Waals surface area contributed by atoms with E-state index in [0.717, 1.165) is 11.6 Å². The molecule has 0 unspecified atom stereocenters. The molecule has 0 amide bonds. The second-order valence-electron chi connectivity index (χ2n) is 5.34. The number of benzene rings is 1. The zero-order valence-electron chi connectivity index (χ0n) is 13.2. The van der Waals surface area contributed by atoms with Crippen LogP contribution < -0.4 is 10.6 Å². The molecule has 0 fully saturated rings. The first-order valence-electron chi connectivity index (χ1n) is 7.53. The first-order valence-corrected chi connectivity index (χ1v) is 7.94. The second kappa shape index (κ2) is 8.14. The molecule has 0 bridgehead atoms. The monoisotopic (exact) mass is 356 g/mol. The Bertz CT molecular complexity index is 668. The van der Waals surface area contributed by atoms with Crippen LogP contribution in [0.5, 0.6) is 0 Å². The van der Waals surface area contributed by atoms with Gasteiger partial charge in [0.2, 0.25) is 0 Å². The summed E-state index contributed by atoms with van der Waals surface area (Å²) in [5, 5.41) is 10.2. The van der Waals surface area contributed by atoms with Crippen LogP contribution in [0.15, 0.2) is 36.4 Å². The number of alkyl halides is 3. The lowest BCUT2D eigenvalue weighted by Gasteiger charge is -2.11. The van der Waals surface area contributed by atoms with Crippen molar-refractivity contribution in [2.75, 3.05) is 6.54 Å².